The standard InChI is InChI=1S/C15H17BrN2O/c16-14-6-3-5-13(11-14)12-17-8-4-10-19-15-7-1-2-9-18-15/h1-3,5-7,9,11,17H,4,8,10,12H2. The molecule has 0 amide bonds. The molecule has 100 valence electrons. The van der Waals surface area contributed by atoms with Crippen molar-refractivity contribution >= 4 is 15.9 Å². The maximum Gasteiger partial charge on any atom is 0.213 e. The Bertz CT molecular complexity index is 491. The molecule has 0 aliphatic carbocycles. The summed E-state index contributed by atoms with van der Waals surface area (Å²) >= 11 is 3.47. The predicted molar refractivity (Wildman–Crippen MR) is 80.2 cm³/mol. The van der Waals surface area contributed by atoms with E-state index in [0.717, 1.165) is 24.0 Å². The Labute approximate surface area is 122 Å². The average molecular weight is 321 g/mol. The Morgan fingerprint density at radius 2 is 2.11 bits per heavy atom. The van der Waals surface area contributed by atoms with E-state index in [2.05, 4.69) is 38.4 Å². The lowest BCUT2D eigenvalue weighted by atomic mass is 10.2. The van der Waals surface area contributed by atoms with Crippen LogP contribution in [0.15, 0.2) is 53.1 Å². The van der Waals surface area contributed by atoms with Crippen molar-refractivity contribution in [1.29, 1.82) is 0 Å². The number of hydrogen-bond acceptors (Lipinski definition) is 3. The fraction of sp³-hybridized carbons (Fsp3) is 0.267. The zero-order chi connectivity index (χ0) is 13.3. The summed E-state index contributed by atoms with van der Waals surface area (Å²) in [7, 11) is 0. The van der Waals surface area contributed by atoms with Crippen LogP contribution in [0.4, 0.5) is 0 Å². The first-order valence-corrected chi connectivity index (χ1v) is 7.13. The van der Waals surface area contributed by atoms with Crippen molar-refractivity contribution in [1.82, 2.24) is 10.3 Å². The van der Waals surface area contributed by atoms with E-state index >= 15 is 0 Å². The molecule has 0 unspecified atom stereocenters. The number of benzene rings is 1. The molecule has 2 rings (SSSR count). The van der Waals surface area contributed by atoms with Gasteiger partial charge in [-0.25, -0.2) is 4.98 Å². The molecule has 0 atom stereocenters. The van der Waals surface area contributed by atoms with Gasteiger partial charge in [0.2, 0.25) is 5.88 Å². The molecular weight excluding hydrogens is 304 g/mol. The number of pyridine rings is 1. The molecule has 1 aromatic carbocycles. The van der Waals surface area contributed by atoms with Gasteiger partial charge in [-0.2, -0.15) is 0 Å². The number of rotatable bonds is 7. The van der Waals surface area contributed by atoms with Crippen molar-refractivity contribution < 1.29 is 4.74 Å². The molecule has 0 saturated heterocycles. The van der Waals surface area contributed by atoms with Crippen LogP contribution in [0, 0.1) is 0 Å². The molecule has 1 heterocycles. The van der Waals surface area contributed by atoms with Crippen LogP contribution in [0.1, 0.15) is 12.0 Å². The second kappa shape index (κ2) is 7.92. The molecule has 0 fully saturated rings. The lowest BCUT2D eigenvalue weighted by molar-refractivity contribution is 0.296. The minimum atomic E-state index is 0.683. The van der Waals surface area contributed by atoms with E-state index < -0.39 is 0 Å². The molecule has 0 saturated carbocycles. The van der Waals surface area contributed by atoms with Gasteiger partial charge in [0.1, 0.15) is 0 Å². The maximum absolute atomic E-state index is 5.52. The van der Waals surface area contributed by atoms with Crippen LogP contribution in [-0.4, -0.2) is 18.1 Å². The quantitative estimate of drug-likeness (QED) is 0.794. The largest absolute Gasteiger partial charge is 0.478 e. The van der Waals surface area contributed by atoms with Crippen LogP contribution in [0.25, 0.3) is 0 Å². The summed E-state index contributed by atoms with van der Waals surface area (Å²) in [6, 6.07) is 14.0. The Morgan fingerprint density at radius 3 is 2.89 bits per heavy atom. The van der Waals surface area contributed by atoms with Gasteiger partial charge in [0.25, 0.3) is 0 Å². The van der Waals surface area contributed by atoms with Gasteiger partial charge < -0.3 is 10.1 Å². The van der Waals surface area contributed by atoms with Crippen LogP contribution >= 0.6 is 15.9 Å². The first kappa shape index (κ1) is 14.0. The molecule has 2 aromatic rings. The molecule has 3 nitrogen and oxygen atoms in total. The van der Waals surface area contributed by atoms with E-state index in [4.69, 9.17) is 4.74 Å². The van der Waals surface area contributed by atoms with Gasteiger partial charge in [0.05, 0.1) is 6.61 Å². The van der Waals surface area contributed by atoms with Crippen molar-refractivity contribution in [3.05, 3.63) is 58.7 Å². The van der Waals surface area contributed by atoms with Crippen LogP contribution in [0.5, 0.6) is 5.88 Å². The highest BCUT2D eigenvalue weighted by atomic mass is 79.9. The van der Waals surface area contributed by atoms with E-state index in [1.807, 2.05) is 30.3 Å². The summed E-state index contributed by atoms with van der Waals surface area (Å²) in [5.41, 5.74) is 1.28. The normalized spacial score (nSPS) is 10.4. The molecular formula is C15H17BrN2O. The SMILES string of the molecule is Brc1cccc(CNCCCOc2ccccn2)c1. The van der Waals surface area contributed by atoms with Gasteiger partial charge in [-0.3, -0.25) is 0 Å². The lowest BCUT2D eigenvalue weighted by Crippen LogP contribution is -2.17. The number of aromatic nitrogens is 1. The van der Waals surface area contributed by atoms with Gasteiger partial charge in [0.15, 0.2) is 0 Å². The second-order valence-electron chi connectivity index (χ2n) is 4.18. The molecule has 0 aliphatic heterocycles. The molecule has 1 N–H and O–H groups in total. The molecule has 1 aromatic heterocycles. The van der Waals surface area contributed by atoms with Crippen molar-refractivity contribution in [2.24, 2.45) is 0 Å². The van der Waals surface area contributed by atoms with Crippen LogP contribution in [0.3, 0.4) is 0 Å². The summed E-state index contributed by atoms with van der Waals surface area (Å²) in [6.07, 6.45) is 2.70. The number of ether oxygens (including phenoxy) is 1. The fourth-order valence-electron chi connectivity index (χ4n) is 1.69. The molecule has 0 aliphatic rings. The van der Waals surface area contributed by atoms with E-state index in [9.17, 15) is 0 Å². The third kappa shape index (κ3) is 5.41. The molecule has 19 heavy (non-hydrogen) atoms. The summed E-state index contributed by atoms with van der Waals surface area (Å²) < 4.78 is 6.63. The van der Waals surface area contributed by atoms with Crippen molar-refractivity contribution in [2.75, 3.05) is 13.2 Å². The van der Waals surface area contributed by atoms with Gasteiger partial charge in [-0.1, -0.05) is 34.1 Å². The van der Waals surface area contributed by atoms with Gasteiger partial charge >= 0.3 is 0 Å². The van der Waals surface area contributed by atoms with Gasteiger partial charge in [0, 0.05) is 23.3 Å². The summed E-state index contributed by atoms with van der Waals surface area (Å²) in [5.74, 6) is 0.689. The van der Waals surface area contributed by atoms with E-state index in [1.165, 1.54) is 5.56 Å². The Hall–Kier alpha value is -1.39. The van der Waals surface area contributed by atoms with E-state index in [0.29, 0.717) is 12.5 Å². The topological polar surface area (TPSA) is 34.1 Å². The molecule has 0 bridgehead atoms. The number of halogens is 1. The van der Waals surface area contributed by atoms with Crippen molar-refractivity contribution in [3.63, 3.8) is 0 Å². The zero-order valence-corrected chi connectivity index (χ0v) is 12.3. The van der Waals surface area contributed by atoms with Crippen LogP contribution in [0.2, 0.25) is 0 Å². The highest BCUT2D eigenvalue weighted by molar-refractivity contribution is 9.10. The highest BCUT2D eigenvalue weighted by Crippen LogP contribution is 2.11. The first-order valence-electron chi connectivity index (χ1n) is 6.33. The van der Waals surface area contributed by atoms with Gasteiger partial charge in [-0.05, 0) is 36.7 Å². The van der Waals surface area contributed by atoms with Crippen LogP contribution < -0.4 is 10.1 Å². The van der Waals surface area contributed by atoms with Gasteiger partial charge in [-0.15, -0.1) is 0 Å². The maximum atomic E-state index is 5.52. The monoisotopic (exact) mass is 320 g/mol. The Balaban J connectivity index is 1.58. The molecule has 4 heteroatoms. The molecule has 0 radical (unpaired) electrons. The van der Waals surface area contributed by atoms with Crippen molar-refractivity contribution in [3.8, 4) is 5.88 Å². The Kier molecular flexibility index (Phi) is 5.85. The minimum Gasteiger partial charge on any atom is -0.478 e. The number of nitrogens with zero attached hydrogens (tertiary/aromatic N) is 1. The Morgan fingerprint density at radius 1 is 1.16 bits per heavy atom. The smallest absolute Gasteiger partial charge is 0.213 e. The second-order valence-corrected chi connectivity index (χ2v) is 5.09. The minimum absolute atomic E-state index is 0.683. The van der Waals surface area contributed by atoms with Crippen molar-refractivity contribution in [2.45, 2.75) is 13.0 Å². The highest BCUT2D eigenvalue weighted by Gasteiger charge is 1.95. The third-order valence-electron chi connectivity index (χ3n) is 2.60. The molecule has 0 spiro atoms. The summed E-state index contributed by atoms with van der Waals surface area (Å²) in [5, 5.41) is 3.39. The third-order valence-corrected chi connectivity index (χ3v) is 3.10. The summed E-state index contributed by atoms with van der Waals surface area (Å²) in [4.78, 5) is 4.11. The van der Waals surface area contributed by atoms with E-state index in [1.54, 1.807) is 6.20 Å². The number of hydrogen-bond donors (Lipinski definition) is 1. The zero-order valence-electron chi connectivity index (χ0n) is 10.7. The first-order chi connectivity index (χ1) is 9.34. The predicted octanol–water partition coefficient (Wildman–Crippen LogP) is 3.40. The average Bonchev–Trinajstić information content (AvgIpc) is 2.44. The van der Waals surface area contributed by atoms with Crippen LogP contribution in [-0.2, 0) is 6.54 Å². The fourth-order valence-corrected chi connectivity index (χ4v) is 2.13. The van der Waals surface area contributed by atoms with E-state index in [-0.39, 0.29) is 0 Å². The lowest BCUT2D eigenvalue weighted by Gasteiger charge is -2.06. The summed E-state index contributed by atoms with van der Waals surface area (Å²) in [6.45, 7) is 2.49. The number of nitrogens with one attached hydrogen (secondary N) is 1.